The van der Waals surface area contributed by atoms with E-state index in [1.807, 2.05) is 24.5 Å². The average molecular weight is 357 g/mol. The monoisotopic (exact) mass is 357 g/mol. The molecule has 1 aliphatic heterocycles. The highest BCUT2D eigenvalue weighted by atomic mass is 16.2. The van der Waals surface area contributed by atoms with Gasteiger partial charge in [-0.05, 0) is 32.8 Å². The number of likely N-dealkylation sites (N-methyl/N-ethyl adjacent to an activating group) is 1. The molecule has 1 aliphatic carbocycles. The van der Waals surface area contributed by atoms with Gasteiger partial charge in [0.1, 0.15) is 5.54 Å². The maximum atomic E-state index is 13.0. The van der Waals surface area contributed by atoms with Gasteiger partial charge in [0.25, 0.3) is 5.91 Å². The third kappa shape index (κ3) is 2.68. The second-order valence-corrected chi connectivity index (χ2v) is 7.43. The van der Waals surface area contributed by atoms with Crippen LogP contribution >= 0.6 is 0 Å². The SMILES string of the molecule is C=CCn1c(C)cc(C(=O)CN2C(=O)N(C)C3(CCCCC3)C2=O)c1C. The zero-order chi connectivity index (χ0) is 19.1. The number of hydrogen-bond acceptors (Lipinski definition) is 3. The van der Waals surface area contributed by atoms with E-state index in [4.69, 9.17) is 0 Å². The summed E-state index contributed by atoms with van der Waals surface area (Å²) in [7, 11) is 1.69. The number of allylic oxidation sites excluding steroid dienone is 1. The number of rotatable bonds is 5. The van der Waals surface area contributed by atoms with Crippen molar-refractivity contribution in [3.63, 3.8) is 0 Å². The summed E-state index contributed by atoms with van der Waals surface area (Å²) in [6, 6.07) is 1.47. The zero-order valence-corrected chi connectivity index (χ0v) is 15.9. The molecule has 2 heterocycles. The van der Waals surface area contributed by atoms with Gasteiger partial charge in [-0.3, -0.25) is 14.5 Å². The molecule has 1 spiro atoms. The van der Waals surface area contributed by atoms with E-state index in [0.717, 1.165) is 35.6 Å². The second kappa shape index (κ2) is 6.74. The number of carbonyl (C=O) groups is 3. The van der Waals surface area contributed by atoms with Crippen molar-refractivity contribution in [1.29, 1.82) is 0 Å². The molecule has 26 heavy (non-hydrogen) atoms. The molecule has 2 aliphatic rings. The van der Waals surface area contributed by atoms with E-state index in [0.29, 0.717) is 24.9 Å². The molecule has 140 valence electrons. The van der Waals surface area contributed by atoms with Crippen LogP contribution in [0.5, 0.6) is 0 Å². The molecular formula is C20H27N3O3. The summed E-state index contributed by atoms with van der Waals surface area (Å²) in [6.45, 7) is 7.99. The quantitative estimate of drug-likeness (QED) is 0.462. The second-order valence-electron chi connectivity index (χ2n) is 7.43. The van der Waals surface area contributed by atoms with Crippen LogP contribution in [-0.4, -0.2) is 51.2 Å². The van der Waals surface area contributed by atoms with Gasteiger partial charge in [-0.1, -0.05) is 25.3 Å². The van der Waals surface area contributed by atoms with Crippen molar-refractivity contribution in [2.45, 2.75) is 58.0 Å². The van der Waals surface area contributed by atoms with Gasteiger partial charge in [0.2, 0.25) is 0 Å². The summed E-state index contributed by atoms with van der Waals surface area (Å²) in [5.41, 5.74) is 1.63. The average Bonchev–Trinajstić information content (AvgIpc) is 3.00. The van der Waals surface area contributed by atoms with Crippen LogP contribution in [0, 0.1) is 13.8 Å². The minimum atomic E-state index is -0.741. The summed E-state index contributed by atoms with van der Waals surface area (Å²) in [6.07, 6.45) is 6.12. The topological polar surface area (TPSA) is 62.6 Å². The number of nitrogens with zero attached hydrogens (tertiary/aromatic N) is 3. The van der Waals surface area contributed by atoms with Crippen molar-refractivity contribution >= 4 is 17.7 Å². The fourth-order valence-corrected chi connectivity index (χ4v) is 4.39. The van der Waals surface area contributed by atoms with Crippen LogP contribution in [-0.2, 0) is 11.3 Å². The van der Waals surface area contributed by atoms with Crippen LogP contribution in [0.2, 0.25) is 0 Å². The molecule has 6 heteroatoms. The Morgan fingerprint density at radius 1 is 1.23 bits per heavy atom. The molecule has 1 aromatic heterocycles. The molecule has 1 saturated carbocycles. The third-order valence-corrected chi connectivity index (χ3v) is 5.97. The summed E-state index contributed by atoms with van der Waals surface area (Å²) < 4.78 is 2.00. The fraction of sp³-hybridized carbons (Fsp3) is 0.550. The van der Waals surface area contributed by atoms with E-state index in [-0.39, 0.29) is 24.3 Å². The number of Topliss-reactive ketones (excluding diaryl/α,β-unsaturated/α-hetero) is 1. The smallest absolute Gasteiger partial charge is 0.327 e. The molecule has 3 amide bonds. The first-order chi connectivity index (χ1) is 12.3. The van der Waals surface area contributed by atoms with E-state index in [1.165, 1.54) is 0 Å². The Bertz CT molecular complexity index is 772. The van der Waals surface area contributed by atoms with Crippen LogP contribution in [0.25, 0.3) is 0 Å². The van der Waals surface area contributed by atoms with E-state index >= 15 is 0 Å². The highest BCUT2D eigenvalue weighted by Crippen LogP contribution is 2.39. The van der Waals surface area contributed by atoms with Gasteiger partial charge in [-0.15, -0.1) is 6.58 Å². The lowest BCUT2D eigenvalue weighted by Gasteiger charge is -2.35. The van der Waals surface area contributed by atoms with Crippen LogP contribution in [0.3, 0.4) is 0 Å². The molecule has 0 aromatic carbocycles. The van der Waals surface area contributed by atoms with Gasteiger partial charge >= 0.3 is 6.03 Å². The number of urea groups is 1. The number of aromatic nitrogens is 1. The van der Waals surface area contributed by atoms with E-state index in [1.54, 1.807) is 18.0 Å². The van der Waals surface area contributed by atoms with E-state index < -0.39 is 5.54 Å². The van der Waals surface area contributed by atoms with Crippen molar-refractivity contribution in [3.05, 3.63) is 35.7 Å². The minimum absolute atomic E-state index is 0.192. The lowest BCUT2D eigenvalue weighted by molar-refractivity contribution is -0.134. The third-order valence-electron chi connectivity index (χ3n) is 5.97. The Hall–Kier alpha value is -2.37. The minimum Gasteiger partial charge on any atom is -0.345 e. The Labute approximate surface area is 154 Å². The highest BCUT2D eigenvalue weighted by molar-refractivity contribution is 6.11. The molecule has 3 rings (SSSR count). The van der Waals surface area contributed by atoms with Gasteiger partial charge in [-0.2, -0.15) is 0 Å². The summed E-state index contributed by atoms with van der Waals surface area (Å²) >= 11 is 0. The predicted molar refractivity (Wildman–Crippen MR) is 99.1 cm³/mol. The molecule has 6 nitrogen and oxygen atoms in total. The predicted octanol–water partition coefficient (Wildman–Crippen LogP) is 3.07. The first-order valence-corrected chi connectivity index (χ1v) is 9.24. The Morgan fingerprint density at radius 2 is 1.88 bits per heavy atom. The van der Waals surface area contributed by atoms with Gasteiger partial charge in [0.15, 0.2) is 5.78 Å². The maximum absolute atomic E-state index is 13.0. The molecule has 1 saturated heterocycles. The first-order valence-electron chi connectivity index (χ1n) is 9.24. The lowest BCUT2D eigenvalue weighted by Crippen LogP contribution is -2.49. The number of ketones is 1. The van der Waals surface area contributed by atoms with Gasteiger partial charge < -0.3 is 9.47 Å². The summed E-state index contributed by atoms with van der Waals surface area (Å²) in [5, 5.41) is 0. The van der Waals surface area contributed by atoms with Crippen molar-refractivity contribution in [2.24, 2.45) is 0 Å². The Morgan fingerprint density at radius 3 is 2.50 bits per heavy atom. The van der Waals surface area contributed by atoms with Crippen molar-refractivity contribution < 1.29 is 14.4 Å². The van der Waals surface area contributed by atoms with E-state index in [2.05, 4.69) is 6.58 Å². The summed E-state index contributed by atoms with van der Waals surface area (Å²) in [5.74, 6) is -0.408. The van der Waals surface area contributed by atoms with Crippen molar-refractivity contribution in [1.82, 2.24) is 14.4 Å². The number of aryl methyl sites for hydroxylation is 1. The van der Waals surface area contributed by atoms with Crippen molar-refractivity contribution in [2.75, 3.05) is 13.6 Å². The molecular weight excluding hydrogens is 330 g/mol. The van der Waals surface area contributed by atoms with Crippen LogP contribution in [0.1, 0.15) is 53.8 Å². The number of amides is 3. The largest absolute Gasteiger partial charge is 0.345 e. The number of hydrogen-bond donors (Lipinski definition) is 0. The number of carbonyl (C=O) groups excluding carboxylic acids is 3. The van der Waals surface area contributed by atoms with Gasteiger partial charge in [0, 0.05) is 30.5 Å². The highest BCUT2D eigenvalue weighted by Gasteiger charge is 2.55. The fourth-order valence-electron chi connectivity index (χ4n) is 4.39. The first kappa shape index (κ1) is 18.4. The van der Waals surface area contributed by atoms with Gasteiger partial charge in [0.05, 0.1) is 6.54 Å². The molecule has 0 atom stereocenters. The van der Waals surface area contributed by atoms with Crippen LogP contribution in [0.15, 0.2) is 18.7 Å². The van der Waals surface area contributed by atoms with E-state index in [9.17, 15) is 14.4 Å². The lowest BCUT2D eigenvalue weighted by atomic mass is 9.80. The Balaban J connectivity index is 1.84. The molecule has 0 unspecified atom stereocenters. The summed E-state index contributed by atoms with van der Waals surface area (Å²) in [4.78, 5) is 41.3. The standard InChI is InChI=1S/C20H27N3O3/c1-5-11-22-14(2)12-16(15(22)3)17(24)13-23-18(25)20(21(4)19(23)26)9-7-6-8-10-20/h5,12H,1,6-11,13H2,2-4H3. The van der Waals surface area contributed by atoms with Gasteiger partial charge in [-0.25, -0.2) is 4.79 Å². The molecule has 0 N–H and O–H groups in total. The molecule has 0 radical (unpaired) electrons. The normalized spacial score (nSPS) is 19.5. The number of imide groups is 1. The zero-order valence-electron chi connectivity index (χ0n) is 15.9. The maximum Gasteiger partial charge on any atom is 0.327 e. The molecule has 2 fully saturated rings. The molecule has 0 bridgehead atoms. The van der Waals surface area contributed by atoms with Crippen LogP contribution < -0.4 is 0 Å². The van der Waals surface area contributed by atoms with Crippen molar-refractivity contribution in [3.8, 4) is 0 Å². The molecule has 1 aromatic rings. The van der Waals surface area contributed by atoms with Crippen LogP contribution in [0.4, 0.5) is 4.79 Å². The Kier molecular flexibility index (Phi) is 4.78.